The summed E-state index contributed by atoms with van der Waals surface area (Å²) in [6, 6.07) is 0. The normalized spacial score (nSPS) is 17.6. The molecule has 1 aliphatic rings. The molecule has 0 bridgehead atoms. The number of aromatic nitrogens is 2. The van der Waals surface area contributed by atoms with Crippen molar-refractivity contribution in [3.63, 3.8) is 0 Å². The first kappa shape index (κ1) is 13.4. The second-order valence-corrected chi connectivity index (χ2v) is 4.07. The number of hydrogen-bond acceptors (Lipinski definition) is 5. The second-order valence-electron chi connectivity index (χ2n) is 4.07. The van der Waals surface area contributed by atoms with Crippen LogP contribution in [0, 0.1) is 0 Å². The van der Waals surface area contributed by atoms with Gasteiger partial charge in [0.2, 0.25) is 0 Å². The molecule has 1 aromatic rings. The topological polar surface area (TPSA) is 74.2 Å². The largest absolute Gasteiger partial charge is 0.372 e. The van der Waals surface area contributed by atoms with E-state index in [1.165, 1.54) is 0 Å². The average molecular weight is 248 g/mol. The van der Waals surface area contributed by atoms with E-state index >= 15 is 0 Å². The molecule has 2 N–H and O–H groups in total. The van der Waals surface area contributed by atoms with E-state index in [1.807, 2.05) is 0 Å². The molecule has 1 saturated carbocycles. The maximum atomic E-state index is 6.07. The highest BCUT2D eigenvalue weighted by Gasteiger charge is 2.38. The van der Waals surface area contributed by atoms with E-state index in [0.717, 1.165) is 25.7 Å². The van der Waals surface area contributed by atoms with Crippen LogP contribution in [0.15, 0.2) is 4.52 Å². The van der Waals surface area contributed by atoms with Crippen molar-refractivity contribution >= 4 is 12.4 Å². The molecule has 0 unspecified atom stereocenters. The molecule has 0 aromatic carbocycles. The fourth-order valence-electron chi connectivity index (χ4n) is 1.60. The molecule has 1 aliphatic carbocycles. The zero-order valence-electron chi connectivity index (χ0n) is 9.44. The van der Waals surface area contributed by atoms with E-state index < -0.39 is 0 Å². The number of halogens is 1. The van der Waals surface area contributed by atoms with Crippen molar-refractivity contribution in [3.05, 3.63) is 11.7 Å². The highest BCUT2D eigenvalue weighted by Crippen LogP contribution is 2.36. The SMILES string of the molecule is CCCOCc1nc(C2(N)CCC2)no1.Cl. The van der Waals surface area contributed by atoms with E-state index in [2.05, 4.69) is 17.1 Å². The van der Waals surface area contributed by atoms with Gasteiger partial charge in [-0.2, -0.15) is 4.98 Å². The molecule has 16 heavy (non-hydrogen) atoms. The molecule has 5 nitrogen and oxygen atoms in total. The van der Waals surface area contributed by atoms with Crippen LogP contribution in [0.2, 0.25) is 0 Å². The van der Waals surface area contributed by atoms with Gasteiger partial charge in [-0.15, -0.1) is 12.4 Å². The van der Waals surface area contributed by atoms with Crippen molar-refractivity contribution in [1.29, 1.82) is 0 Å². The third-order valence-corrected chi connectivity index (χ3v) is 2.73. The third kappa shape index (κ3) is 2.72. The third-order valence-electron chi connectivity index (χ3n) is 2.73. The summed E-state index contributed by atoms with van der Waals surface area (Å²) in [6.45, 7) is 3.16. The van der Waals surface area contributed by atoms with Crippen LogP contribution >= 0.6 is 12.4 Å². The zero-order valence-corrected chi connectivity index (χ0v) is 10.3. The molecule has 1 heterocycles. The van der Waals surface area contributed by atoms with Crippen LogP contribution < -0.4 is 5.73 Å². The summed E-state index contributed by atoms with van der Waals surface area (Å²) >= 11 is 0. The number of ether oxygens (including phenoxy) is 1. The Balaban J connectivity index is 0.00000128. The van der Waals surface area contributed by atoms with Crippen LogP contribution in [-0.2, 0) is 16.9 Å². The molecule has 1 aromatic heterocycles. The summed E-state index contributed by atoms with van der Waals surface area (Å²) in [5, 5.41) is 3.90. The second kappa shape index (κ2) is 5.61. The van der Waals surface area contributed by atoms with Crippen molar-refractivity contribution in [3.8, 4) is 0 Å². The number of hydrogen-bond donors (Lipinski definition) is 1. The van der Waals surface area contributed by atoms with E-state index in [4.69, 9.17) is 15.0 Å². The monoisotopic (exact) mass is 247 g/mol. The van der Waals surface area contributed by atoms with Crippen LogP contribution in [-0.4, -0.2) is 16.7 Å². The van der Waals surface area contributed by atoms with Crippen molar-refractivity contribution in [2.45, 2.75) is 44.8 Å². The molecular formula is C10H18ClN3O2. The van der Waals surface area contributed by atoms with Gasteiger partial charge in [-0.3, -0.25) is 0 Å². The quantitative estimate of drug-likeness (QED) is 0.803. The molecule has 92 valence electrons. The Labute approximate surface area is 101 Å². The first-order valence-corrected chi connectivity index (χ1v) is 5.44. The van der Waals surface area contributed by atoms with Crippen LogP contribution in [0.25, 0.3) is 0 Å². The van der Waals surface area contributed by atoms with Gasteiger partial charge < -0.3 is 15.0 Å². The predicted octanol–water partition coefficient (Wildman–Crippen LogP) is 1.76. The van der Waals surface area contributed by atoms with E-state index in [0.29, 0.717) is 24.9 Å². The van der Waals surface area contributed by atoms with Crippen LogP contribution in [0.3, 0.4) is 0 Å². The number of rotatable bonds is 5. The van der Waals surface area contributed by atoms with Crippen molar-refractivity contribution in [1.82, 2.24) is 10.1 Å². The summed E-state index contributed by atoms with van der Waals surface area (Å²) in [6.07, 6.45) is 4.03. The minimum atomic E-state index is -0.341. The van der Waals surface area contributed by atoms with Gasteiger partial charge in [0.25, 0.3) is 5.89 Å². The molecule has 0 radical (unpaired) electrons. The van der Waals surface area contributed by atoms with Gasteiger partial charge >= 0.3 is 0 Å². The van der Waals surface area contributed by atoms with Gasteiger partial charge in [0, 0.05) is 6.61 Å². The van der Waals surface area contributed by atoms with Crippen molar-refractivity contribution in [2.75, 3.05) is 6.61 Å². The molecule has 0 aliphatic heterocycles. The zero-order chi connectivity index (χ0) is 10.7. The molecule has 0 amide bonds. The Morgan fingerprint density at radius 1 is 1.50 bits per heavy atom. The van der Waals surface area contributed by atoms with Gasteiger partial charge in [-0.1, -0.05) is 12.1 Å². The summed E-state index contributed by atoms with van der Waals surface area (Å²) in [5.74, 6) is 1.15. The lowest BCUT2D eigenvalue weighted by Crippen LogP contribution is -2.44. The van der Waals surface area contributed by atoms with Crippen molar-refractivity contribution in [2.24, 2.45) is 5.73 Å². The molecule has 0 atom stereocenters. The van der Waals surface area contributed by atoms with Crippen LogP contribution in [0.4, 0.5) is 0 Å². The standard InChI is InChI=1S/C10H17N3O2.ClH/c1-2-6-14-7-8-12-9(13-15-8)10(11)4-3-5-10;/h2-7,11H2,1H3;1H. The lowest BCUT2D eigenvalue weighted by atomic mass is 9.77. The number of nitrogens with two attached hydrogens (primary N) is 1. The first-order chi connectivity index (χ1) is 7.24. The summed E-state index contributed by atoms with van der Waals surface area (Å²) < 4.78 is 10.4. The Morgan fingerprint density at radius 3 is 2.81 bits per heavy atom. The summed E-state index contributed by atoms with van der Waals surface area (Å²) in [7, 11) is 0. The Morgan fingerprint density at radius 2 is 2.25 bits per heavy atom. The lowest BCUT2D eigenvalue weighted by Gasteiger charge is -2.34. The highest BCUT2D eigenvalue weighted by atomic mass is 35.5. The first-order valence-electron chi connectivity index (χ1n) is 5.44. The maximum Gasteiger partial charge on any atom is 0.252 e. The Hall–Kier alpha value is -0.650. The van der Waals surface area contributed by atoms with Gasteiger partial charge in [0.05, 0.1) is 5.54 Å². The molecule has 0 spiro atoms. The number of nitrogens with zero attached hydrogens (tertiary/aromatic N) is 2. The smallest absolute Gasteiger partial charge is 0.252 e. The fraction of sp³-hybridized carbons (Fsp3) is 0.800. The predicted molar refractivity (Wildman–Crippen MR) is 61.2 cm³/mol. The van der Waals surface area contributed by atoms with Crippen molar-refractivity contribution < 1.29 is 9.26 Å². The summed E-state index contributed by atoms with van der Waals surface area (Å²) in [4.78, 5) is 4.25. The van der Waals surface area contributed by atoms with Crippen LogP contribution in [0.5, 0.6) is 0 Å². The van der Waals surface area contributed by atoms with Gasteiger partial charge in [-0.25, -0.2) is 0 Å². The fourth-order valence-corrected chi connectivity index (χ4v) is 1.60. The molecule has 6 heteroatoms. The van der Waals surface area contributed by atoms with E-state index in [9.17, 15) is 0 Å². The minimum Gasteiger partial charge on any atom is -0.372 e. The molecule has 2 rings (SSSR count). The van der Waals surface area contributed by atoms with E-state index in [1.54, 1.807) is 0 Å². The maximum absolute atomic E-state index is 6.07. The Kier molecular flexibility index (Phi) is 4.70. The lowest BCUT2D eigenvalue weighted by molar-refractivity contribution is 0.0981. The van der Waals surface area contributed by atoms with Gasteiger partial charge in [0.1, 0.15) is 6.61 Å². The molecular weight excluding hydrogens is 230 g/mol. The van der Waals surface area contributed by atoms with E-state index in [-0.39, 0.29) is 17.9 Å². The van der Waals surface area contributed by atoms with Gasteiger partial charge in [0.15, 0.2) is 5.82 Å². The summed E-state index contributed by atoms with van der Waals surface area (Å²) in [5.41, 5.74) is 5.73. The highest BCUT2D eigenvalue weighted by molar-refractivity contribution is 5.85. The van der Waals surface area contributed by atoms with Crippen LogP contribution in [0.1, 0.15) is 44.3 Å². The Bertz CT molecular complexity index is 326. The molecule has 0 saturated heterocycles. The molecule has 1 fully saturated rings. The van der Waals surface area contributed by atoms with Gasteiger partial charge in [-0.05, 0) is 25.7 Å². The minimum absolute atomic E-state index is 0. The average Bonchev–Trinajstić information content (AvgIpc) is 2.64.